The first kappa shape index (κ1) is 13.1. The SMILES string of the molecule is CCn1nc(CO)c2c1CCN(C[C@@H]1CCOC1)C2. The number of hydrogen-bond acceptors (Lipinski definition) is 4. The predicted octanol–water partition coefficient (Wildman–Crippen LogP) is 0.790. The van der Waals surface area contributed by atoms with Crippen molar-refractivity contribution in [2.24, 2.45) is 5.92 Å². The molecule has 0 spiro atoms. The van der Waals surface area contributed by atoms with Gasteiger partial charge in [0.1, 0.15) is 0 Å². The van der Waals surface area contributed by atoms with Crippen LogP contribution in [0, 0.1) is 5.92 Å². The molecule has 3 heterocycles. The average molecular weight is 265 g/mol. The Labute approximate surface area is 114 Å². The summed E-state index contributed by atoms with van der Waals surface area (Å²) in [4.78, 5) is 2.49. The first-order chi connectivity index (χ1) is 9.31. The molecule has 0 aromatic carbocycles. The Kier molecular flexibility index (Phi) is 3.86. The van der Waals surface area contributed by atoms with Crippen molar-refractivity contribution in [1.82, 2.24) is 14.7 Å². The van der Waals surface area contributed by atoms with Gasteiger partial charge in [-0.25, -0.2) is 0 Å². The molecule has 0 radical (unpaired) electrons. The Balaban J connectivity index is 1.73. The van der Waals surface area contributed by atoms with Crippen molar-refractivity contribution < 1.29 is 9.84 Å². The second-order valence-electron chi connectivity index (χ2n) is 5.56. The van der Waals surface area contributed by atoms with Crippen LogP contribution in [-0.4, -0.2) is 46.1 Å². The number of nitrogens with zero attached hydrogens (tertiary/aromatic N) is 3. The van der Waals surface area contributed by atoms with Crippen molar-refractivity contribution in [2.75, 3.05) is 26.3 Å². The molecule has 1 aromatic heterocycles. The fraction of sp³-hybridized carbons (Fsp3) is 0.786. The Morgan fingerprint density at radius 1 is 1.47 bits per heavy atom. The van der Waals surface area contributed by atoms with E-state index in [-0.39, 0.29) is 6.61 Å². The van der Waals surface area contributed by atoms with Gasteiger partial charge in [-0.3, -0.25) is 9.58 Å². The summed E-state index contributed by atoms with van der Waals surface area (Å²) in [5.74, 6) is 0.681. The molecule has 5 heteroatoms. The van der Waals surface area contributed by atoms with Gasteiger partial charge in [0.25, 0.3) is 0 Å². The maximum Gasteiger partial charge on any atom is 0.0926 e. The summed E-state index contributed by atoms with van der Waals surface area (Å²) in [5, 5.41) is 14.0. The number of fused-ring (bicyclic) bond motifs is 1. The van der Waals surface area contributed by atoms with E-state index < -0.39 is 0 Å². The van der Waals surface area contributed by atoms with Crippen LogP contribution in [0.5, 0.6) is 0 Å². The van der Waals surface area contributed by atoms with Crippen LogP contribution in [0.15, 0.2) is 0 Å². The van der Waals surface area contributed by atoms with Crippen molar-refractivity contribution in [3.8, 4) is 0 Å². The summed E-state index contributed by atoms with van der Waals surface area (Å²) in [6, 6.07) is 0. The van der Waals surface area contributed by atoms with Crippen LogP contribution in [0.2, 0.25) is 0 Å². The van der Waals surface area contributed by atoms with Crippen molar-refractivity contribution in [2.45, 2.75) is 39.5 Å². The van der Waals surface area contributed by atoms with E-state index in [1.165, 1.54) is 17.7 Å². The molecule has 1 fully saturated rings. The normalized spacial score (nSPS) is 23.8. The second kappa shape index (κ2) is 5.61. The number of aliphatic hydroxyl groups excluding tert-OH is 1. The third kappa shape index (κ3) is 2.55. The van der Waals surface area contributed by atoms with E-state index >= 15 is 0 Å². The van der Waals surface area contributed by atoms with Crippen LogP contribution in [0.3, 0.4) is 0 Å². The summed E-state index contributed by atoms with van der Waals surface area (Å²) in [6.45, 7) is 8.01. The van der Waals surface area contributed by atoms with Gasteiger partial charge >= 0.3 is 0 Å². The molecule has 1 aromatic rings. The second-order valence-corrected chi connectivity index (χ2v) is 5.56. The molecule has 0 aliphatic carbocycles. The molecule has 0 unspecified atom stereocenters. The van der Waals surface area contributed by atoms with E-state index in [4.69, 9.17) is 4.74 Å². The van der Waals surface area contributed by atoms with Crippen molar-refractivity contribution in [3.63, 3.8) is 0 Å². The molecule has 0 saturated carbocycles. The summed E-state index contributed by atoms with van der Waals surface area (Å²) < 4.78 is 7.50. The lowest BCUT2D eigenvalue weighted by atomic mass is 10.0. The highest BCUT2D eigenvalue weighted by Gasteiger charge is 2.26. The largest absolute Gasteiger partial charge is 0.390 e. The van der Waals surface area contributed by atoms with Gasteiger partial charge in [-0.1, -0.05) is 0 Å². The lowest BCUT2D eigenvalue weighted by Crippen LogP contribution is -2.35. The number of ether oxygens (including phenoxy) is 1. The zero-order valence-corrected chi connectivity index (χ0v) is 11.6. The Morgan fingerprint density at radius 2 is 2.37 bits per heavy atom. The van der Waals surface area contributed by atoms with Gasteiger partial charge in [0, 0.05) is 50.5 Å². The fourth-order valence-electron chi connectivity index (χ4n) is 3.25. The summed E-state index contributed by atoms with van der Waals surface area (Å²) in [6.07, 6.45) is 2.23. The molecule has 0 bridgehead atoms. The topological polar surface area (TPSA) is 50.5 Å². The van der Waals surface area contributed by atoms with Gasteiger partial charge in [0.15, 0.2) is 0 Å². The van der Waals surface area contributed by atoms with Crippen molar-refractivity contribution in [1.29, 1.82) is 0 Å². The molecule has 3 rings (SSSR count). The van der Waals surface area contributed by atoms with Crippen LogP contribution in [0.25, 0.3) is 0 Å². The van der Waals surface area contributed by atoms with Crippen LogP contribution < -0.4 is 0 Å². The molecule has 106 valence electrons. The highest BCUT2D eigenvalue weighted by atomic mass is 16.5. The monoisotopic (exact) mass is 265 g/mol. The average Bonchev–Trinajstić information content (AvgIpc) is 3.05. The minimum atomic E-state index is 0.0513. The molecule has 0 amide bonds. The third-order valence-corrected chi connectivity index (χ3v) is 4.29. The van der Waals surface area contributed by atoms with Crippen molar-refractivity contribution >= 4 is 0 Å². The quantitative estimate of drug-likeness (QED) is 0.874. The standard InChI is InChI=1S/C14H23N3O2/c1-2-17-14-3-5-16(7-11-4-6-19-10-11)8-12(14)13(9-18)15-17/h11,18H,2-10H2,1H3/t11-/m0/s1. The number of aryl methyl sites for hydroxylation is 1. The van der Waals surface area contributed by atoms with Crippen LogP contribution in [0.4, 0.5) is 0 Å². The van der Waals surface area contributed by atoms with E-state index in [1.54, 1.807) is 0 Å². The molecule has 2 aliphatic heterocycles. The highest BCUT2D eigenvalue weighted by molar-refractivity contribution is 5.28. The highest BCUT2D eigenvalue weighted by Crippen LogP contribution is 2.24. The maximum atomic E-state index is 9.46. The number of rotatable bonds is 4. The van der Waals surface area contributed by atoms with Gasteiger partial charge in [-0.05, 0) is 19.3 Å². The molecule has 19 heavy (non-hydrogen) atoms. The fourth-order valence-corrected chi connectivity index (χ4v) is 3.25. The number of aromatic nitrogens is 2. The Bertz CT molecular complexity index is 438. The van der Waals surface area contributed by atoms with E-state index in [0.717, 1.165) is 51.5 Å². The smallest absolute Gasteiger partial charge is 0.0926 e. The van der Waals surface area contributed by atoms with Gasteiger partial charge in [0.2, 0.25) is 0 Å². The van der Waals surface area contributed by atoms with Gasteiger partial charge in [-0.15, -0.1) is 0 Å². The van der Waals surface area contributed by atoms with E-state index in [2.05, 4.69) is 21.6 Å². The number of hydrogen-bond donors (Lipinski definition) is 1. The number of aliphatic hydroxyl groups is 1. The van der Waals surface area contributed by atoms with Crippen LogP contribution in [0.1, 0.15) is 30.3 Å². The van der Waals surface area contributed by atoms with Crippen LogP contribution >= 0.6 is 0 Å². The molecular weight excluding hydrogens is 242 g/mol. The van der Waals surface area contributed by atoms with E-state index in [9.17, 15) is 5.11 Å². The predicted molar refractivity (Wildman–Crippen MR) is 71.7 cm³/mol. The van der Waals surface area contributed by atoms with Gasteiger partial charge in [-0.2, -0.15) is 5.10 Å². The molecule has 1 N–H and O–H groups in total. The van der Waals surface area contributed by atoms with E-state index in [0.29, 0.717) is 5.92 Å². The lowest BCUT2D eigenvalue weighted by Gasteiger charge is -2.29. The minimum Gasteiger partial charge on any atom is -0.390 e. The summed E-state index contributed by atoms with van der Waals surface area (Å²) in [5.41, 5.74) is 3.45. The van der Waals surface area contributed by atoms with Crippen LogP contribution in [-0.2, 0) is 30.9 Å². The molecule has 1 atom stereocenters. The summed E-state index contributed by atoms with van der Waals surface area (Å²) >= 11 is 0. The lowest BCUT2D eigenvalue weighted by molar-refractivity contribution is 0.161. The third-order valence-electron chi connectivity index (χ3n) is 4.29. The van der Waals surface area contributed by atoms with Gasteiger partial charge in [0.05, 0.1) is 18.9 Å². The maximum absolute atomic E-state index is 9.46. The first-order valence-electron chi connectivity index (χ1n) is 7.30. The van der Waals surface area contributed by atoms with E-state index in [1.807, 2.05) is 0 Å². The molecule has 5 nitrogen and oxygen atoms in total. The summed E-state index contributed by atoms with van der Waals surface area (Å²) in [7, 11) is 0. The van der Waals surface area contributed by atoms with Crippen molar-refractivity contribution in [3.05, 3.63) is 17.0 Å². The Morgan fingerprint density at radius 3 is 3.05 bits per heavy atom. The molecule has 2 aliphatic rings. The minimum absolute atomic E-state index is 0.0513. The van der Waals surface area contributed by atoms with Gasteiger partial charge < -0.3 is 9.84 Å². The molecule has 1 saturated heterocycles. The Hall–Kier alpha value is -0.910. The zero-order valence-electron chi connectivity index (χ0n) is 11.6. The zero-order chi connectivity index (χ0) is 13.2. The first-order valence-corrected chi connectivity index (χ1v) is 7.30. The molecular formula is C14H23N3O2.